The average Bonchev–Trinajstić information content (AvgIpc) is 2.72. The summed E-state index contributed by atoms with van der Waals surface area (Å²) in [6.45, 7) is 10.00. The number of aromatic nitrogens is 2. The van der Waals surface area contributed by atoms with Crippen molar-refractivity contribution in [1.82, 2.24) is 19.8 Å². The summed E-state index contributed by atoms with van der Waals surface area (Å²) in [6, 6.07) is 5.46. The third kappa shape index (κ3) is 6.39. The predicted molar refractivity (Wildman–Crippen MR) is 124 cm³/mol. The molecule has 3 rings (SSSR count). The Labute approximate surface area is 182 Å². The van der Waals surface area contributed by atoms with E-state index in [0.717, 1.165) is 36.3 Å². The smallest absolute Gasteiger partial charge is 0.410 e. The van der Waals surface area contributed by atoms with E-state index in [0.29, 0.717) is 31.0 Å². The minimum atomic E-state index is -0.472. The zero-order valence-electron chi connectivity index (χ0n) is 18.4. The van der Waals surface area contributed by atoms with Crippen molar-refractivity contribution in [2.45, 2.75) is 26.4 Å². The fourth-order valence-electron chi connectivity index (χ4n) is 3.24. The first-order valence-electron chi connectivity index (χ1n) is 10.4. The molecule has 9 heteroatoms. The highest BCUT2D eigenvalue weighted by molar-refractivity contribution is 6.10. The van der Waals surface area contributed by atoms with E-state index in [1.165, 1.54) is 6.20 Å². The fourth-order valence-corrected chi connectivity index (χ4v) is 3.24. The maximum Gasteiger partial charge on any atom is 0.410 e. The molecule has 1 aliphatic rings. The molecule has 0 spiro atoms. The number of carbonyl (C=O) groups is 1. The van der Waals surface area contributed by atoms with Crippen LogP contribution in [0.1, 0.15) is 26.3 Å². The van der Waals surface area contributed by atoms with Gasteiger partial charge in [0.15, 0.2) is 0 Å². The molecule has 1 amide bonds. The number of hydrogen-bond acceptors (Lipinski definition) is 8. The highest BCUT2D eigenvalue weighted by atomic mass is 16.6. The number of hydrogen-bond donors (Lipinski definition) is 2. The molecule has 0 aromatic carbocycles. The van der Waals surface area contributed by atoms with Crippen LogP contribution in [0.2, 0.25) is 0 Å². The summed E-state index contributed by atoms with van der Waals surface area (Å²) in [5.74, 6) is 0.449. The number of nitrogens with zero attached hydrogens (tertiary/aromatic N) is 5. The van der Waals surface area contributed by atoms with E-state index >= 15 is 0 Å². The van der Waals surface area contributed by atoms with Crippen molar-refractivity contribution in [2.24, 2.45) is 10.7 Å². The van der Waals surface area contributed by atoms with Crippen molar-refractivity contribution < 1.29 is 9.53 Å². The SMILES string of the molecule is CC(C)(C)OC(=O)N1CCN(CCN=CC(=CN)c2cnc3ccc(N)nc3c2)CC1. The molecule has 2 aromatic rings. The summed E-state index contributed by atoms with van der Waals surface area (Å²) < 4.78 is 5.44. The Morgan fingerprint density at radius 3 is 2.65 bits per heavy atom. The highest BCUT2D eigenvalue weighted by Crippen LogP contribution is 2.17. The van der Waals surface area contributed by atoms with Gasteiger partial charge in [0, 0.05) is 62.5 Å². The van der Waals surface area contributed by atoms with Crippen molar-refractivity contribution in [3.05, 3.63) is 36.2 Å². The van der Waals surface area contributed by atoms with Crippen LogP contribution in [0.5, 0.6) is 0 Å². The Kier molecular flexibility index (Phi) is 7.06. The van der Waals surface area contributed by atoms with Gasteiger partial charge in [0.1, 0.15) is 11.4 Å². The molecule has 3 heterocycles. The molecule has 0 radical (unpaired) electrons. The standard InChI is InChI=1S/C22H31N7O2/c1-22(2,3)31-21(30)29-10-8-28(9-11-29)7-6-25-14-17(13-23)16-12-19-18(26-15-16)4-5-20(24)27-19/h4-5,12-15H,6-11,23H2,1-3H3,(H2,24,27). The number of amides is 1. The van der Waals surface area contributed by atoms with E-state index < -0.39 is 5.60 Å². The molecule has 166 valence electrons. The monoisotopic (exact) mass is 425 g/mol. The Balaban J connectivity index is 1.49. The zero-order valence-corrected chi connectivity index (χ0v) is 18.4. The molecular weight excluding hydrogens is 394 g/mol. The van der Waals surface area contributed by atoms with Crippen molar-refractivity contribution in [3.63, 3.8) is 0 Å². The van der Waals surface area contributed by atoms with Crippen LogP contribution in [0.4, 0.5) is 10.6 Å². The minimum Gasteiger partial charge on any atom is -0.444 e. The lowest BCUT2D eigenvalue weighted by atomic mass is 10.1. The quantitative estimate of drug-likeness (QED) is 0.704. The van der Waals surface area contributed by atoms with E-state index in [1.54, 1.807) is 23.4 Å². The molecule has 0 aliphatic carbocycles. The molecule has 0 saturated carbocycles. The van der Waals surface area contributed by atoms with E-state index in [9.17, 15) is 4.79 Å². The largest absolute Gasteiger partial charge is 0.444 e. The van der Waals surface area contributed by atoms with Crippen LogP contribution in [0.25, 0.3) is 16.6 Å². The van der Waals surface area contributed by atoms with E-state index in [4.69, 9.17) is 16.2 Å². The number of anilines is 1. The van der Waals surface area contributed by atoms with Gasteiger partial charge in [0.2, 0.25) is 0 Å². The normalized spacial score (nSPS) is 16.2. The van der Waals surface area contributed by atoms with Crippen molar-refractivity contribution in [3.8, 4) is 0 Å². The first-order chi connectivity index (χ1) is 14.7. The minimum absolute atomic E-state index is 0.247. The van der Waals surface area contributed by atoms with Crippen molar-refractivity contribution >= 4 is 34.7 Å². The second kappa shape index (κ2) is 9.74. The van der Waals surface area contributed by atoms with Crippen molar-refractivity contribution in [2.75, 3.05) is 45.0 Å². The predicted octanol–water partition coefficient (Wildman–Crippen LogP) is 2.14. The molecule has 31 heavy (non-hydrogen) atoms. The number of rotatable bonds is 5. The van der Waals surface area contributed by atoms with Gasteiger partial charge >= 0.3 is 6.09 Å². The maximum atomic E-state index is 12.2. The van der Waals surface area contributed by atoms with Crippen LogP contribution in [0, 0.1) is 0 Å². The first kappa shape index (κ1) is 22.5. The van der Waals surface area contributed by atoms with Crippen LogP contribution >= 0.6 is 0 Å². The molecule has 0 bridgehead atoms. The summed E-state index contributed by atoms with van der Waals surface area (Å²) in [7, 11) is 0. The summed E-state index contributed by atoms with van der Waals surface area (Å²) in [5, 5.41) is 0. The van der Waals surface area contributed by atoms with Crippen LogP contribution in [-0.4, -0.2) is 76.9 Å². The van der Waals surface area contributed by atoms with Crippen LogP contribution in [0.15, 0.2) is 35.6 Å². The first-order valence-corrected chi connectivity index (χ1v) is 10.4. The molecule has 2 aromatic heterocycles. The van der Waals surface area contributed by atoms with Gasteiger partial charge in [0.05, 0.1) is 17.6 Å². The van der Waals surface area contributed by atoms with Crippen LogP contribution in [-0.2, 0) is 4.74 Å². The Morgan fingerprint density at radius 1 is 1.23 bits per heavy atom. The summed E-state index contributed by atoms with van der Waals surface area (Å²) >= 11 is 0. The van der Waals surface area contributed by atoms with Gasteiger partial charge in [-0.15, -0.1) is 0 Å². The van der Waals surface area contributed by atoms with Gasteiger partial charge in [0.25, 0.3) is 0 Å². The van der Waals surface area contributed by atoms with Gasteiger partial charge in [-0.3, -0.25) is 14.9 Å². The lowest BCUT2D eigenvalue weighted by molar-refractivity contribution is 0.0148. The lowest BCUT2D eigenvalue weighted by Crippen LogP contribution is -2.50. The topological polar surface area (TPSA) is 123 Å². The Bertz CT molecular complexity index is 973. The van der Waals surface area contributed by atoms with E-state index in [-0.39, 0.29) is 6.09 Å². The highest BCUT2D eigenvalue weighted by Gasteiger charge is 2.25. The number of carbonyl (C=O) groups excluding carboxylic acids is 1. The Hall–Kier alpha value is -3.20. The van der Waals surface area contributed by atoms with Crippen molar-refractivity contribution in [1.29, 1.82) is 0 Å². The van der Waals surface area contributed by atoms with E-state index in [1.807, 2.05) is 32.9 Å². The average molecular weight is 426 g/mol. The number of ether oxygens (including phenoxy) is 1. The van der Waals surface area contributed by atoms with Gasteiger partial charge in [-0.25, -0.2) is 9.78 Å². The zero-order chi connectivity index (χ0) is 22.4. The molecular formula is C22H31N7O2. The third-order valence-corrected chi connectivity index (χ3v) is 4.87. The lowest BCUT2D eigenvalue weighted by Gasteiger charge is -2.35. The number of nitrogens with two attached hydrogens (primary N) is 2. The molecule has 1 saturated heterocycles. The van der Waals surface area contributed by atoms with Gasteiger partial charge < -0.3 is 21.1 Å². The van der Waals surface area contributed by atoms with Gasteiger partial charge in [-0.1, -0.05) is 0 Å². The maximum absolute atomic E-state index is 12.2. The second-order valence-electron chi connectivity index (χ2n) is 8.46. The summed E-state index contributed by atoms with van der Waals surface area (Å²) in [6.07, 6.45) is 4.77. The van der Waals surface area contributed by atoms with Crippen LogP contribution < -0.4 is 11.5 Å². The molecule has 9 nitrogen and oxygen atoms in total. The number of aliphatic imine (C=N–C) groups is 1. The summed E-state index contributed by atoms with van der Waals surface area (Å²) in [4.78, 5) is 29.4. The Morgan fingerprint density at radius 2 is 1.97 bits per heavy atom. The second-order valence-corrected chi connectivity index (χ2v) is 8.46. The molecule has 1 aliphatic heterocycles. The van der Waals surface area contributed by atoms with Crippen LogP contribution in [0.3, 0.4) is 0 Å². The van der Waals surface area contributed by atoms with Gasteiger partial charge in [-0.05, 0) is 39.0 Å². The van der Waals surface area contributed by atoms with E-state index in [2.05, 4.69) is 19.9 Å². The number of pyridine rings is 2. The third-order valence-electron chi connectivity index (χ3n) is 4.87. The van der Waals surface area contributed by atoms with Gasteiger partial charge in [-0.2, -0.15) is 0 Å². The fraction of sp³-hybridized carbons (Fsp3) is 0.455. The number of nitrogen functional groups attached to an aromatic ring is 1. The molecule has 0 atom stereocenters. The molecule has 4 N–H and O–H groups in total. The summed E-state index contributed by atoms with van der Waals surface area (Å²) in [5.41, 5.74) is 14.2. The molecule has 1 fully saturated rings. The number of piperazine rings is 1. The number of allylic oxidation sites excluding steroid dienone is 1. The number of fused-ring (bicyclic) bond motifs is 1. The molecule has 0 unspecified atom stereocenters.